The van der Waals surface area contributed by atoms with E-state index in [9.17, 15) is 25.2 Å². The molecule has 0 saturated heterocycles. The predicted molar refractivity (Wildman–Crippen MR) is 111 cm³/mol. The molecule has 5 unspecified atom stereocenters. The summed E-state index contributed by atoms with van der Waals surface area (Å²) in [7, 11) is 0. The van der Waals surface area contributed by atoms with Gasteiger partial charge in [-0.05, 0) is 36.3 Å². The van der Waals surface area contributed by atoms with Crippen molar-refractivity contribution >= 4 is 5.97 Å². The third-order valence-electron chi connectivity index (χ3n) is 7.51. The Bertz CT molecular complexity index is 600. The van der Waals surface area contributed by atoms with Crippen LogP contribution in [0.25, 0.3) is 0 Å². The molecular weight excluding hydrogens is 372 g/mol. The van der Waals surface area contributed by atoms with Crippen molar-refractivity contribution in [2.24, 2.45) is 16.7 Å². The maximum Gasteiger partial charge on any atom is 0.306 e. The minimum atomic E-state index is -1.77. The summed E-state index contributed by atoms with van der Waals surface area (Å²) in [5.74, 6) is -0.692. The summed E-state index contributed by atoms with van der Waals surface area (Å²) in [6, 6.07) is 0. The minimum Gasteiger partial charge on any atom is -0.458 e. The van der Waals surface area contributed by atoms with Crippen LogP contribution in [0.4, 0.5) is 0 Å². The van der Waals surface area contributed by atoms with Crippen molar-refractivity contribution in [3.8, 4) is 0 Å². The minimum absolute atomic E-state index is 0.205. The Balaban J connectivity index is 2.31. The summed E-state index contributed by atoms with van der Waals surface area (Å²) in [5, 5.41) is 42.3. The molecule has 0 radical (unpaired) electrons. The second kappa shape index (κ2) is 9.46. The molecular formula is C23H40O6. The first-order valence-electron chi connectivity index (χ1n) is 11.1. The summed E-state index contributed by atoms with van der Waals surface area (Å²) >= 11 is 0. The van der Waals surface area contributed by atoms with Gasteiger partial charge >= 0.3 is 5.97 Å². The maximum atomic E-state index is 12.6. The number of hydrogen-bond donors (Lipinski definition) is 4. The topological polar surface area (TPSA) is 107 Å². The molecule has 0 aromatic carbocycles. The van der Waals surface area contributed by atoms with Crippen molar-refractivity contribution < 1.29 is 30.0 Å². The van der Waals surface area contributed by atoms with Crippen LogP contribution in [0.3, 0.4) is 0 Å². The van der Waals surface area contributed by atoms with Gasteiger partial charge in [-0.25, -0.2) is 0 Å². The number of fused-ring (bicyclic) bond motifs is 1. The van der Waals surface area contributed by atoms with E-state index < -0.39 is 42.4 Å². The average molecular weight is 413 g/mol. The van der Waals surface area contributed by atoms with Gasteiger partial charge in [0.1, 0.15) is 11.7 Å². The van der Waals surface area contributed by atoms with Gasteiger partial charge in [0.15, 0.2) is 0 Å². The Labute approximate surface area is 175 Å². The van der Waals surface area contributed by atoms with E-state index in [4.69, 9.17) is 4.74 Å². The summed E-state index contributed by atoms with van der Waals surface area (Å²) < 4.78 is 5.86. The lowest BCUT2D eigenvalue weighted by Crippen LogP contribution is -2.70. The van der Waals surface area contributed by atoms with E-state index in [-0.39, 0.29) is 17.0 Å². The van der Waals surface area contributed by atoms with Crippen LogP contribution in [-0.4, -0.2) is 57.4 Å². The molecule has 2 aliphatic carbocycles. The van der Waals surface area contributed by atoms with Crippen LogP contribution in [-0.2, 0) is 9.53 Å². The number of hydrogen-bond acceptors (Lipinski definition) is 6. The SMILES string of the molecule is CCCCCCCC(=O)OC1C=C(CO)C(O)(CO)C2(C)C(O)CCC(C)(C)C12. The molecule has 6 nitrogen and oxygen atoms in total. The number of unbranched alkanes of at least 4 members (excludes halogenated alkanes) is 4. The Hall–Kier alpha value is -0.950. The van der Waals surface area contributed by atoms with Gasteiger partial charge in [-0.1, -0.05) is 53.4 Å². The smallest absolute Gasteiger partial charge is 0.306 e. The van der Waals surface area contributed by atoms with Crippen LogP contribution in [0.2, 0.25) is 0 Å². The van der Waals surface area contributed by atoms with Gasteiger partial charge in [0.25, 0.3) is 0 Å². The molecule has 0 heterocycles. The lowest BCUT2D eigenvalue weighted by molar-refractivity contribution is -0.237. The summed E-state index contributed by atoms with van der Waals surface area (Å²) in [4.78, 5) is 12.6. The van der Waals surface area contributed by atoms with Crippen molar-refractivity contribution in [3.05, 3.63) is 11.6 Å². The summed E-state index contributed by atoms with van der Waals surface area (Å²) in [6.45, 7) is 6.89. The first kappa shape index (κ1) is 24.3. The standard InChI is InChI=1S/C23H40O6/c1-5-6-7-8-9-10-19(27)29-17-13-16(14-24)23(28,15-25)22(4)18(26)11-12-21(2,3)20(17)22/h13,17-18,20,24-26,28H,5-12,14-15H2,1-4H3. The van der Waals surface area contributed by atoms with E-state index in [1.807, 2.05) is 13.8 Å². The Kier molecular flexibility index (Phi) is 7.93. The second-order valence-corrected chi connectivity index (χ2v) is 9.79. The fourth-order valence-electron chi connectivity index (χ4n) is 5.72. The maximum absolute atomic E-state index is 12.6. The Morgan fingerprint density at radius 2 is 1.83 bits per heavy atom. The zero-order chi connectivity index (χ0) is 21.9. The first-order valence-corrected chi connectivity index (χ1v) is 11.1. The molecule has 0 aromatic heterocycles. The van der Waals surface area contributed by atoms with Crippen LogP contribution < -0.4 is 0 Å². The highest BCUT2D eigenvalue weighted by molar-refractivity contribution is 5.69. The predicted octanol–water partition coefficient (Wildman–Crippen LogP) is 2.72. The molecule has 2 rings (SSSR count). The lowest BCUT2D eigenvalue weighted by atomic mass is 9.45. The van der Waals surface area contributed by atoms with Gasteiger partial charge in [-0.3, -0.25) is 4.79 Å². The van der Waals surface area contributed by atoms with E-state index in [2.05, 4.69) is 6.92 Å². The molecule has 4 N–H and O–H groups in total. The van der Waals surface area contributed by atoms with E-state index >= 15 is 0 Å². The van der Waals surface area contributed by atoms with Crippen LogP contribution in [0.5, 0.6) is 0 Å². The number of ether oxygens (including phenoxy) is 1. The molecule has 168 valence electrons. The first-order chi connectivity index (χ1) is 13.6. The number of aliphatic hydroxyl groups excluding tert-OH is 3. The van der Waals surface area contributed by atoms with Gasteiger partial charge in [0.2, 0.25) is 0 Å². The molecule has 0 bridgehead atoms. The lowest BCUT2D eigenvalue weighted by Gasteiger charge is -2.63. The fourth-order valence-corrected chi connectivity index (χ4v) is 5.72. The second-order valence-electron chi connectivity index (χ2n) is 9.79. The van der Waals surface area contributed by atoms with Crippen molar-refractivity contribution in [3.63, 3.8) is 0 Å². The summed E-state index contributed by atoms with van der Waals surface area (Å²) in [6.07, 6.45) is 6.73. The molecule has 1 saturated carbocycles. The fraction of sp³-hybridized carbons (Fsp3) is 0.870. The van der Waals surface area contributed by atoms with Crippen LogP contribution in [0.15, 0.2) is 11.6 Å². The molecule has 0 aromatic rings. The number of esters is 1. The molecule has 29 heavy (non-hydrogen) atoms. The Morgan fingerprint density at radius 3 is 2.41 bits per heavy atom. The van der Waals surface area contributed by atoms with Gasteiger partial charge in [-0.15, -0.1) is 0 Å². The molecule has 6 heteroatoms. The molecule has 0 spiro atoms. The quantitative estimate of drug-likeness (QED) is 0.264. The van der Waals surface area contributed by atoms with Crippen molar-refractivity contribution in [2.45, 2.75) is 96.9 Å². The number of carbonyl (C=O) groups is 1. The van der Waals surface area contributed by atoms with Crippen LogP contribution in [0, 0.1) is 16.7 Å². The van der Waals surface area contributed by atoms with Crippen molar-refractivity contribution in [1.29, 1.82) is 0 Å². The van der Waals surface area contributed by atoms with Gasteiger partial charge < -0.3 is 25.2 Å². The van der Waals surface area contributed by atoms with Gasteiger partial charge in [0, 0.05) is 17.8 Å². The molecule has 0 aliphatic heterocycles. The highest BCUT2D eigenvalue weighted by atomic mass is 16.5. The molecule has 1 fully saturated rings. The number of rotatable bonds is 9. The summed E-state index contributed by atoms with van der Waals surface area (Å²) in [5.41, 5.74) is -3.05. The highest BCUT2D eigenvalue weighted by Gasteiger charge is 2.67. The van der Waals surface area contributed by atoms with Crippen LogP contribution in [0.1, 0.15) is 79.1 Å². The van der Waals surface area contributed by atoms with Gasteiger partial charge in [0.05, 0.1) is 19.3 Å². The van der Waals surface area contributed by atoms with E-state index in [0.717, 1.165) is 32.1 Å². The highest BCUT2D eigenvalue weighted by Crippen LogP contribution is 2.61. The van der Waals surface area contributed by atoms with Crippen LogP contribution >= 0.6 is 0 Å². The third-order valence-corrected chi connectivity index (χ3v) is 7.51. The van der Waals surface area contributed by atoms with E-state index in [1.54, 1.807) is 13.0 Å². The van der Waals surface area contributed by atoms with Crippen molar-refractivity contribution in [2.75, 3.05) is 13.2 Å². The molecule has 5 atom stereocenters. The molecule has 0 amide bonds. The van der Waals surface area contributed by atoms with Gasteiger partial charge in [-0.2, -0.15) is 0 Å². The largest absolute Gasteiger partial charge is 0.458 e. The molecule has 2 aliphatic rings. The number of carbonyl (C=O) groups excluding carboxylic acids is 1. The van der Waals surface area contributed by atoms with Crippen molar-refractivity contribution in [1.82, 2.24) is 0 Å². The third kappa shape index (κ3) is 4.41. The van der Waals surface area contributed by atoms with E-state index in [0.29, 0.717) is 19.3 Å². The zero-order valence-electron chi connectivity index (χ0n) is 18.5. The monoisotopic (exact) mass is 412 g/mol. The normalized spacial score (nSPS) is 36.3. The van der Waals surface area contributed by atoms with E-state index in [1.165, 1.54) is 0 Å². The Morgan fingerprint density at radius 1 is 1.17 bits per heavy atom. The number of aliphatic hydroxyl groups is 4. The average Bonchev–Trinajstić information content (AvgIpc) is 2.67. The zero-order valence-corrected chi connectivity index (χ0v) is 18.5.